The lowest BCUT2D eigenvalue weighted by Gasteiger charge is -2.34. The number of rotatable bonds is 9. The number of fused-ring (bicyclic) bond motifs is 1. The molecule has 45 heavy (non-hydrogen) atoms. The van der Waals surface area contributed by atoms with Crippen LogP contribution in [-0.2, 0) is 4.74 Å². The van der Waals surface area contributed by atoms with Gasteiger partial charge in [0.05, 0.1) is 38.5 Å². The van der Waals surface area contributed by atoms with Crippen LogP contribution in [0.15, 0.2) is 66.7 Å². The highest BCUT2D eigenvalue weighted by Gasteiger charge is 2.17. The molecule has 0 radical (unpaired) electrons. The fourth-order valence-electron chi connectivity index (χ4n) is 5.34. The monoisotopic (exact) mass is 614 g/mol. The van der Waals surface area contributed by atoms with E-state index in [2.05, 4.69) is 51.3 Å². The highest BCUT2D eigenvalue weighted by Crippen LogP contribution is 2.35. The van der Waals surface area contributed by atoms with Crippen LogP contribution < -0.4 is 19.7 Å². The molecule has 2 N–H and O–H groups in total. The number of aromatic carboxylic acids is 1. The molecule has 0 bridgehead atoms. The van der Waals surface area contributed by atoms with Crippen molar-refractivity contribution in [2.24, 2.45) is 0 Å². The van der Waals surface area contributed by atoms with Crippen molar-refractivity contribution in [3.8, 4) is 22.9 Å². The van der Waals surface area contributed by atoms with Gasteiger partial charge in [0.1, 0.15) is 5.82 Å². The number of piperazine rings is 1. The molecule has 2 saturated heterocycles. The summed E-state index contributed by atoms with van der Waals surface area (Å²) in [5.74, 6) is 1.92. The van der Waals surface area contributed by atoms with E-state index in [1.165, 1.54) is 5.69 Å². The Morgan fingerprint density at radius 2 is 1.56 bits per heavy atom. The summed E-state index contributed by atoms with van der Waals surface area (Å²) >= 11 is 0. The van der Waals surface area contributed by atoms with Gasteiger partial charge in [0.2, 0.25) is 0 Å². The maximum Gasteiger partial charge on any atom is 0.335 e. The highest BCUT2D eigenvalue weighted by atomic mass is 16.5. The summed E-state index contributed by atoms with van der Waals surface area (Å²) in [7, 11) is 5.46. The Bertz CT molecular complexity index is 1540. The first-order chi connectivity index (χ1) is 21.9. The molecule has 0 unspecified atom stereocenters. The second-order valence-corrected chi connectivity index (χ2v) is 11.0. The van der Waals surface area contributed by atoms with Gasteiger partial charge in [-0.25, -0.2) is 14.8 Å². The minimum atomic E-state index is -0.879. The zero-order valence-corrected chi connectivity index (χ0v) is 26.2. The van der Waals surface area contributed by atoms with Gasteiger partial charge in [-0.1, -0.05) is 18.2 Å². The SMILES string of the molecule is COc1cc2nc(-c3ccc(N4CCN(C)CC4)cc3)nc(NCCN3CCOCC3)c2cc1OC.O=C(O)c1ccccc1. The number of benzene rings is 3. The first-order valence-electron chi connectivity index (χ1n) is 15.2. The van der Waals surface area contributed by atoms with Crippen molar-refractivity contribution in [3.63, 3.8) is 0 Å². The molecular formula is C34H42N6O5. The maximum atomic E-state index is 10.2. The van der Waals surface area contributed by atoms with Crippen LogP contribution in [0.1, 0.15) is 10.4 Å². The molecule has 0 amide bonds. The summed E-state index contributed by atoms with van der Waals surface area (Å²) < 4.78 is 16.6. The first-order valence-corrected chi connectivity index (χ1v) is 15.2. The van der Waals surface area contributed by atoms with E-state index in [0.717, 1.165) is 87.9 Å². The molecular weight excluding hydrogens is 572 g/mol. The molecule has 2 aliphatic rings. The quantitative estimate of drug-likeness (QED) is 0.283. The third-order valence-corrected chi connectivity index (χ3v) is 8.04. The van der Waals surface area contributed by atoms with E-state index in [-0.39, 0.29) is 0 Å². The molecule has 0 spiro atoms. The minimum Gasteiger partial charge on any atom is -0.493 e. The van der Waals surface area contributed by atoms with Crippen LogP contribution in [0.3, 0.4) is 0 Å². The molecule has 3 heterocycles. The molecule has 2 aliphatic heterocycles. The number of methoxy groups -OCH3 is 2. The summed E-state index contributed by atoms with van der Waals surface area (Å²) in [5.41, 5.74) is 3.37. The molecule has 3 aromatic carbocycles. The number of aromatic nitrogens is 2. The number of carboxylic acids is 1. The second kappa shape index (κ2) is 15.5. The highest BCUT2D eigenvalue weighted by molar-refractivity contribution is 5.93. The number of hydrogen-bond donors (Lipinski definition) is 2. The van der Waals surface area contributed by atoms with Crippen LogP contribution in [-0.4, -0.2) is 118 Å². The Labute approximate surface area is 264 Å². The predicted molar refractivity (Wildman–Crippen MR) is 177 cm³/mol. The van der Waals surface area contributed by atoms with Gasteiger partial charge in [-0.15, -0.1) is 0 Å². The van der Waals surface area contributed by atoms with Crippen molar-refractivity contribution in [1.82, 2.24) is 19.8 Å². The molecule has 6 rings (SSSR count). The molecule has 2 fully saturated rings. The molecule has 238 valence electrons. The van der Waals surface area contributed by atoms with Gasteiger partial charge in [0.25, 0.3) is 0 Å². The van der Waals surface area contributed by atoms with Gasteiger partial charge >= 0.3 is 5.97 Å². The molecule has 11 heteroatoms. The van der Waals surface area contributed by atoms with Crippen molar-refractivity contribution in [2.45, 2.75) is 0 Å². The molecule has 1 aromatic heterocycles. The van der Waals surface area contributed by atoms with E-state index in [4.69, 9.17) is 29.3 Å². The van der Waals surface area contributed by atoms with E-state index in [1.807, 2.05) is 12.1 Å². The van der Waals surface area contributed by atoms with Crippen LogP contribution in [0.2, 0.25) is 0 Å². The van der Waals surface area contributed by atoms with Crippen molar-refractivity contribution in [1.29, 1.82) is 0 Å². The fraction of sp³-hybridized carbons (Fsp3) is 0.382. The fourth-order valence-corrected chi connectivity index (χ4v) is 5.34. The Kier molecular flexibility index (Phi) is 11.0. The largest absolute Gasteiger partial charge is 0.493 e. The van der Waals surface area contributed by atoms with Crippen LogP contribution in [0.4, 0.5) is 11.5 Å². The zero-order chi connectivity index (χ0) is 31.6. The van der Waals surface area contributed by atoms with Gasteiger partial charge in [-0.05, 0) is 49.5 Å². The van der Waals surface area contributed by atoms with Gasteiger partial charge < -0.3 is 34.4 Å². The van der Waals surface area contributed by atoms with Crippen LogP contribution in [0.5, 0.6) is 11.5 Å². The van der Waals surface area contributed by atoms with Crippen LogP contribution in [0, 0.1) is 0 Å². The van der Waals surface area contributed by atoms with Crippen LogP contribution in [0.25, 0.3) is 22.3 Å². The van der Waals surface area contributed by atoms with E-state index in [1.54, 1.807) is 44.6 Å². The summed E-state index contributed by atoms with van der Waals surface area (Å²) in [6.45, 7) is 9.47. The standard InChI is InChI=1S/C27H36N6O3.C7H6O2/c1-31-10-12-33(13-11-31)21-6-4-20(5-7-21)26-29-23-19-25(35-3)24(34-2)18-22(23)27(30-26)28-8-9-32-14-16-36-17-15-32;8-7(9)6-4-2-1-3-5-6/h4-7,18-19H,8-17H2,1-3H3,(H,28,29,30);1-5H,(H,8,9). The van der Waals surface area contributed by atoms with Crippen molar-refractivity contribution in [2.75, 3.05) is 97.1 Å². The number of nitrogens with zero attached hydrogens (tertiary/aromatic N) is 5. The average molecular weight is 615 g/mol. The molecule has 0 saturated carbocycles. The van der Waals surface area contributed by atoms with Gasteiger partial charge in [0, 0.05) is 75.1 Å². The van der Waals surface area contributed by atoms with Gasteiger partial charge in [-0.2, -0.15) is 0 Å². The number of anilines is 2. The normalized spacial score (nSPS) is 15.7. The number of hydrogen-bond acceptors (Lipinski definition) is 10. The smallest absolute Gasteiger partial charge is 0.335 e. The lowest BCUT2D eigenvalue weighted by molar-refractivity contribution is 0.0398. The van der Waals surface area contributed by atoms with Crippen LogP contribution >= 0.6 is 0 Å². The summed E-state index contributed by atoms with van der Waals surface area (Å²) in [4.78, 5) is 27.3. The van der Waals surface area contributed by atoms with Crippen molar-refractivity contribution >= 4 is 28.4 Å². The molecule has 0 aliphatic carbocycles. The predicted octanol–water partition coefficient (Wildman–Crippen LogP) is 4.19. The Hall–Kier alpha value is -4.45. The third kappa shape index (κ3) is 8.39. The second-order valence-electron chi connectivity index (χ2n) is 11.0. The Balaban J connectivity index is 0.000000383. The number of likely N-dealkylation sites (N-methyl/N-ethyl adjacent to an activating group) is 1. The first kappa shape index (κ1) is 32.0. The summed E-state index contributed by atoms with van der Waals surface area (Å²) in [6, 6.07) is 20.8. The van der Waals surface area contributed by atoms with Gasteiger partial charge in [-0.3, -0.25) is 4.90 Å². The zero-order valence-electron chi connectivity index (χ0n) is 26.2. The summed E-state index contributed by atoms with van der Waals surface area (Å²) in [6.07, 6.45) is 0. The lowest BCUT2D eigenvalue weighted by Crippen LogP contribution is -2.44. The number of ether oxygens (including phenoxy) is 3. The van der Waals surface area contributed by atoms with E-state index in [0.29, 0.717) is 22.9 Å². The topological polar surface area (TPSA) is 113 Å². The number of nitrogens with one attached hydrogen (secondary N) is 1. The maximum absolute atomic E-state index is 10.2. The number of carboxylic acid groups (broad SMARTS) is 1. The third-order valence-electron chi connectivity index (χ3n) is 8.04. The van der Waals surface area contributed by atoms with E-state index >= 15 is 0 Å². The van der Waals surface area contributed by atoms with E-state index in [9.17, 15) is 4.79 Å². The van der Waals surface area contributed by atoms with Crippen molar-refractivity contribution < 1.29 is 24.1 Å². The Morgan fingerprint density at radius 1 is 0.889 bits per heavy atom. The minimum absolute atomic E-state index is 0.331. The summed E-state index contributed by atoms with van der Waals surface area (Å²) in [5, 5.41) is 12.9. The Morgan fingerprint density at radius 3 is 2.18 bits per heavy atom. The molecule has 4 aromatic rings. The lowest BCUT2D eigenvalue weighted by atomic mass is 10.1. The molecule has 11 nitrogen and oxygen atoms in total. The van der Waals surface area contributed by atoms with Gasteiger partial charge in [0.15, 0.2) is 17.3 Å². The van der Waals surface area contributed by atoms with E-state index < -0.39 is 5.97 Å². The molecule has 0 atom stereocenters. The average Bonchev–Trinajstić information content (AvgIpc) is 3.09. The number of morpholine rings is 1. The number of carbonyl (C=O) groups is 1. The van der Waals surface area contributed by atoms with Crippen molar-refractivity contribution in [3.05, 3.63) is 72.3 Å².